The molecule has 2 fully saturated rings. The topological polar surface area (TPSA) is 52.9 Å². The molecule has 1 N–H and O–H groups in total. The van der Waals surface area contributed by atoms with Crippen LogP contribution in [-0.4, -0.2) is 12.5 Å². The van der Waals surface area contributed by atoms with Gasteiger partial charge in [-0.1, -0.05) is 45.4 Å². The molecule has 0 aromatic rings. The molecule has 3 nitrogen and oxygen atoms in total. The van der Waals surface area contributed by atoms with Crippen LogP contribution in [0.1, 0.15) is 71.1 Å². The predicted molar refractivity (Wildman–Crippen MR) is 79.9 cm³/mol. The lowest BCUT2D eigenvalue weighted by atomic mass is 9.80. The summed E-state index contributed by atoms with van der Waals surface area (Å²) in [6.07, 6.45) is 10.9. The molecule has 0 bridgehead atoms. The lowest BCUT2D eigenvalue weighted by Gasteiger charge is -2.28. The van der Waals surface area contributed by atoms with E-state index in [4.69, 9.17) is 0 Å². The van der Waals surface area contributed by atoms with Crippen LogP contribution in [-0.2, 0) is 4.79 Å². The Bertz CT molecular complexity index is 356. The minimum absolute atomic E-state index is 0.000483. The van der Waals surface area contributed by atoms with Gasteiger partial charge < -0.3 is 5.32 Å². The van der Waals surface area contributed by atoms with Crippen molar-refractivity contribution < 1.29 is 4.79 Å². The lowest BCUT2D eigenvalue weighted by Crippen LogP contribution is -2.42. The number of amides is 1. The third-order valence-corrected chi connectivity index (χ3v) is 5.29. The van der Waals surface area contributed by atoms with Crippen molar-refractivity contribution in [2.45, 2.75) is 71.1 Å². The van der Waals surface area contributed by atoms with Crippen molar-refractivity contribution in [3.05, 3.63) is 0 Å². The second-order valence-corrected chi connectivity index (χ2v) is 6.94. The fraction of sp³-hybridized carbons (Fsp3) is 0.882. The van der Waals surface area contributed by atoms with Gasteiger partial charge in [0.25, 0.3) is 0 Å². The second kappa shape index (κ2) is 7.11. The van der Waals surface area contributed by atoms with E-state index in [1.165, 1.54) is 25.7 Å². The summed E-state index contributed by atoms with van der Waals surface area (Å²) in [5, 5.41) is 12.6. The summed E-state index contributed by atoms with van der Waals surface area (Å²) in [7, 11) is 0. The highest BCUT2D eigenvalue weighted by Crippen LogP contribution is 2.35. The van der Waals surface area contributed by atoms with Crippen LogP contribution < -0.4 is 5.32 Å². The minimum atomic E-state index is -0.738. The van der Waals surface area contributed by atoms with Gasteiger partial charge in [-0.05, 0) is 37.5 Å². The molecule has 2 aliphatic rings. The molecule has 2 rings (SSSR count). The average Bonchev–Trinajstić information content (AvgIpc) is 2.73. The number of nitriles is 1. The van der Waals surface area contributed by atoms with Crippen LogP contribution in [0.5, 0.6) is 0 Å². The highest BCUT2D eigenvalue weighted by molar-refractivity contribution is 5.85. The first kappa shape index (κ1) is 15.4. The number of carbonyl (C=O) groups excluding carboxylic acids is 1. The Hall–Kier alpha value is -1.04. The molecule has 0 aromatic heterocycles. The van der Waals surface area contributed by atoms with Gasteiger partial charge >= 0.3 is 0 Å². The molecule has 1 amide bonds. The Balaban J connectivity index is 1.85. The van der Waals surface area contributed by atoms with Gasteiger partial charge in [0.2, 0.25) is 5.91 Å². The first-order valence-electron chi connectivity index (χ1n) is 8.36. The van der Waals surface area contributed by atoms with Crippen LogP contribution >= 0.6 is 0 Å². The van der Waals surface area contributed by atoms with Gasteiger partial charge in [-0.2, -0.15) is 5.26 Å². The maximum atomic E-state index is 12.5. The van der Waals surface area contributed by atoms with E-state index in [2.05, 4.69) is 18.3 Å². The molecule has 0 heterocycles. The van der Waals surface area contributed by atoms with E-state index < -0.39 is 5.41 Å². The van der Waals surface area contributed by atoms with E-state index in [1.54, 1.807) is 0 Å². The average molecular weight is 276 g/mol. The molecule has 0 spiro atoms. The zero-order valence-electron chi connectivity index (χ0n) is 12.8. The third-order valence-electron chi connectivity index (χ3n) is 5.29. The number of carbonyl (C=O) groups is 1. The Morgan fingerprint density at radius 3 is 2.30 bits per heavy atom. The zero-order chi connectivity index (χ0) is 14.4. The van der Waals surface area contributed by atoms with Gasteiger partial charge in [0.1, 0.15) is 5.41 Å². The number of hydrogen-bond acceptors (Lipinski definition) is 2. The zero-order valence-corrected chi connectivity index (χ0v) is 12.8. The number of nitrogens with one attached hydrogen (secondary N) is 1. The van der Waals surface area contributed by atoms with E-state index in [0.717, 1.165) is 51.0 Å². The van der Waals surface area contributed by atoms with Crippen LogP contribution in [0.15, 0.2) is 0 Å². The van der Waals surface area contributed by atoms with Gasteiger partial charge in [-0.15, -0.1) is 0 Å². The first-order chi connectivity index (χ1) is 9.66. The van der Waals surface area contributed by atoms with Crippen molar-refractivity contribution >= 4 is 5.91 Å². The molecular formula is C17H28N2O. The van der Waals surface area contributed by atoms with Crippen LogP contribution in [0.4, 0.5) is 0 Å². The summed E-state index contributed by atoms with van der Waals surface area (Å²) >= 11 is 0. The van der Waals surface area contributed by atoms with Crippen molar-refractivity contribution in [2.75, 3.05) is 6.54 Å². The standard InChI is InChI=1S/C17H28N2O/c1-14-6-8-15(9-7-14)12-19-16(20)17(13-18)10-4-2-3-5-11-17/h14-15H,2-12H2,1H3,(H,19,20). The van der Waals surface area contributed by atoms with Gasteiger partial charge in [-0.25, -0.2) is 0 Å². The number of nitrogens with zero attached hydrogens (tertiary/aromatic N) is 1. The van der Waals surface area contributed by atoms with Crippen LogP contribution in [0.25, 0.3) is 0 Å². The van der Waals surface area contributed by atoms with E-state index in [-0.39, 0.29) is 5.91 Å². The van der Waals surface area contributed by atoms with Gasteiger partial charge in [0, 0.05) is 6.54 Å². The van der Waals surface area contributed by atoms with Crippen LogP contribution in [0, 0.1) is 28.6 Å². The molecule has 2 aliphatic carbocycles. The van der Waals surface area contributed by atoms with Gasteiger partial charge in [-0.3, -0.25) is 4.79 Å². The molecule has 3 heteroatoms. The summed E-state index contributed by atoms with van der Waals surface area (Å²) in [5.74, 6) is 1.46. The third kappa shape index (κ3) is 3.75. The molecule has 20 heavy (non-hydrogen) atoms. The Kier molecular flexibility index (Phi) is 5.46. The summed E-state index contributed by atoms with van der Waals surface area (Å²) in [4.78, 5) is 12.5. The second-order valence-electron chi connectivity index (χ2n) is 6.94. The molecule has 112 valence electrons. The lowest BCUT2D eigenvalue weighted by molar-refractivity contribution is -0.129. The minimum Gasteiger partial charge on any atom is -0.354 e. The molecule has 0 aromatic carbocycles. The smallest absolute Gasteiger partial charge is 0.240 e. The maximum absolute atomic E-state index is 12.5. The van der Waals surface area contributed by atoms with Crippen molar-refractivity contribution in [1.82, 2.24) is 5.32 Å². The van der Waals surface area contributed by atoms with E-state index in [9.17, 15) is 10.1 Å². The van der Waals surface area contributed by atoms with E-state index in [1.807, 2.05) is 0 Å². The Morgan fingerprint density at radius 2 is 1.75 bits per heavy atom. The molecule has 0 radical (unpaired) electrons. The Labute approximate surface area is 123 Å². The normalized spacial score (nSPS) is 30.0. The number of hydrogen-bond donors (Lipinski definition) is 1. The quantitative estimate of drug-likeness (QED) is 0.797. The fourth-order valence-corrected chi connectivity index (χ4v) is 3.66. The van der Waals surface area contributed by atoms with E-state index >= 15 is 0 Å². The SMILES string of the molecule is CC1CCC(CNC(=O)C2(C#N)CCCCCC2)CC1. The highest BCUT2D eigenvalue weighted by atomic mass is 16.2. The van der Waals surface area contributed by atoms with Crippen molar-refractivity contribution in [3.63, 3.8) is 0 Å². The largest absolute Gasteiger partial charge is 0.354 e. The van der Waals surface area contributed by atoms with Crippen molar-refractivity contribution in [2.24, 2.45) is 17.3 Å². The maximum Gasteiger partial charge on any atom is 0.240 e. The predicted octanol–water partition coefficient (Wildman–Crippen LogP) is 3.79. The highest BCUT2D eigenvalue weighted by Gasteiger charge is 2.38. The number of rotatable bonds is 3. The molecule has 0 aliphatic heterocycles. The summed E-state index contributed by atoms with van der Waals surface area (Å²) in [6, 6.07) is 2.34. The molecule has 0 unspecified atom stereocenters. The first-order valence-corrected chi connectivity index (χ1v) is 8.36. The summed E-state index contributed by atoms with van der Waals surface area (Å²) in [6.45, 7) is 3.08. The summed E-state index contributed by atoms with van der Waals surface area (Å²) in [5.41, 5.74) is -0.738. The molecule has 0 atom stereocenters. The van der Waals surface area contributed by atoms with Crippen molar-refractivity contribution in [3.8, 4) is 6.07 Å². The monoisotopic (exact) mass is 276 g/mol. The van der Waals surface area contributed by atoms with Crippen LogP contribution in [0.3, 0.4) is 0 Å². The Morgan fingerprint density at radius 1 is 1.15 bits per heavy atom. The van der Waals surface area contributed by atoms with Gasteiger partial charge in [0.05, 0.1) is 6.07 Å². The van der Waals surface area contributed by atoms with Gasteiger partial charge in [0.15, 0.2) is 0 Å². The molecule has 0 saturated heterocycles. The summed E-state index contributed by atoms with van der Waals surface area (Å²) < 4.78 is 0. The fourth-order valence-electron chi connectivity index (χ4n) is 3.66. The molecular weight excluding hydrogens is 248 g/mol. The molecule has 2 saturated carbocycles. The van der Waals surface area contributed by atoms with Crippen molar-refractivity contribution in [1.29, 1.82) is 5.26 Å². The van der Waals surface area contributed by atoms with E-state index in [0.29, 0.717) is 5.92 Å². The van der Waals surface area contributed by atoms with Crippen LogP contribution in [0.2, 0.25) is 0 Å².